The van der Waals surface area contributed by atoms with Gasteiger partial charge in [0.15, 0.2) is 0 Å². The van der Waals surface area contributed by atoms with Crippen molar-refractivity contribution in [3.05, 3.63) is 33.4 Å². The first-order chi connectivity index (χ1) is 7.20. The molecule has 1 aliphatic rings. The number of benzene rings is 1. The largest absolute Gasteiger partial charge is 0.278 e. The Hall–Kier alpha value is -0.910. The summed E-state index contributed by atoms with van der Waals surface area (Å²) in [5, 5.41) is 0. The molecule has 1 aromatic carbocycles. The van der Waals surface area contributed by atoms with Crippen molar-refractivity contribution in [2.24, 2.45) is 0 Å². The molecule has 1 aliphatic heterocycles. The molecule has 0 bridgehead atoms. The Morgan fingerprint density at radius 1 is 1.33 bits per heavy atom. The highest BCUT2D eigenvalue weighted by Gasteiger charge is 2.27. The van der Waals surface area contributed by atoms with Crippen molar-refractivity contribution in [2.75, 3.05) is 6.54 Å². The van der Waals surface area contributed by atoms with Crippen LogP contribution < -0.4 is 0 Å². The molecule has 1 heterocycles. The Morgan fingerprint density at radius 3 is 2.67 bits per heavy atom. The molecule has 15 heavy (non-hydrogen) atoms. The lowest BCUT2D eigenvalue weighted by molar-refractivity contribution is -0.125. The van der Waals surface area contributed by atoms with E-state index in [1.54, 1.807) is 6.07 Å². The maximum atomic E-state index is 12.0. The topological polar surface area (TPSA) is 37.4 Å². The van der Waals surface area contributed by atoms with Gasteiger partial charge in [0.25, 0.3) is 5.91 Å². The number of carbonyl (C=O) groups is 2. The summed E-state index contributed by atoms with van der Waals surface area (Å²) in [6.07, 6.45) is 1.28. The van der Waals surface area contributed by atoms with Crippen LogP contribution in [0.2, 0.25) is 0 Å². The summed E-state index contributed by atoms with van der Waals surface area (Å²) in [5.41, 5.74) is 0.619. The highest BCUT2D eigenvalue weighted by molar-refractivity contribution is 14.1. The van der Waals surface area contributed by atoms with Crippen LogP contribution in [0.15, 0.2) is 24.3 Å². The number of nitrogens with zero attached hydrogens (tertiary/aromatic N) is 1. The average Bonchev–Trinajstić information content (AvgIpc) is 2.64. The molecule has 0 N–H and O–H groups in total. The van der Waals surface area contributed by atoms with Crippen molar-refractivity contribution in [1.29, 1.82) is 0 Å². The van der Waals surface area contributed by atoms with E-state index in [1.807, 2.05) is 18.2 Å². The zero-order valence-corrected chi connectivity index (χ0v) is 10.2. The van der Waals surface area contributed by atoms with Crippen molar-refractivity contribution >= 4 is 34.4 Å². The highest BCUT2D eigenvalue weighted by Crippen LogP contribution is 2.18. The Balaban J connectivity index is 2.28. The number of carbonyl (C=O) groups excluding carboxylic acids is 2. The van der Waals surface area contributed by atoms with E-state index in [4.69, 9.17) is 0 Å². The van der Waals surface area contributed by atoms with Gasteiger partial charge in [0.1, 0.15) is 0 Å². The molecule has 1 aromatic rings. The number of rotatable bonds is 1. The van der Waals surface area contributed by atoms with E-state index < -0.39 is 0 Å². The van der Waals surface area contributed by atoms with E-state index in [-0.39, 0.29) is 11.8 Å². The van der Waals surface area contributed by atoms with E-state index in [2.05, 4.69) is 22.6 Å². The number of hydrogen-bond donors (Lipinski definition) is 0. The van der Waals surface area contributed by atoms with Gasteiger partial charge in [0, 0.05) is 16.5 Å². The van der Waals surface area contributed by atoms with Gasteiger partial charge in [-0.3, -0.25) is 14.5 Å². The first-order valence-corrected chi connectivity index (χ1v) is 5.87. The second-order valence-electron chi connectivity index (χ2n) is 3.43. The Bertz CT molecular complexity index is 417. The van der Waals surface area contributed by atoms with E-state index in [0.717, 1.165) is 9.99 Å². The number of imide groups is 1. The van der Waals surface area contributed by atoms with E-state index in [9.17, 15) is 9.59 Å². The van der Waals surface area contributed by atoms with E-state index >= 15 is 0 Å². The van der Waals surface area contributed by atoms with Crippen molar-refractivity contribution in [2.45, 2.75) is 12.8 Å². The summed E-state index contributed by atoms with van der Waals surface area (Å²) in [6, 6.07) is 7.32. The third kappa shape index (κ3) is 2.04. The Morgan fingerprint density at radius 2 is 2.07 bits per heavy atom. The van der Waals surface area contributed by atoms with Crippen molar-refractivity contribution in [3.63, 3.8) is 0 Å². The SMILES string of the molecule is O=C1CCCN1C(=O)c1ccccc1I. The molecule has 1 fully saturated rings. The molecule has 2 rings (SSSR count). The summed E-state index contributed by atoms with van der Waals surface area (Å²) < 4.78 is 0.889. The molecule has 3 nitrogen and oxygen atoms in total. The zero-order valence-electron chi connectivity index (χ0n) is 8.07. The van der Waals surface area contributed by atoms with E-state index in [0.29, 0.717) is 18.5 Å². The lowest BCUT2D eigenvalue weighted by Gasteiger charge is -2.14. The summed E-state index contributed by atoms with van der Waals surface area (Å²) >= 11 is 2.11. The number of hydrogen-bond acceptors (Lipinski definition) is 2. The van der Waals surface area contributed by atoms with Gasteiger partial charge < -0.3 is 0 Å². The lowest BCUT2D eigenvalue weighted by atomic mass is 10.2. The third-order valence-electron chi connectivity index (χ3n) is 2.42. The normalized spacial score (nSPS) is 15.8. The first-order valence-electron chi connectivity index (χ1n) is 4.79. The van der Waals surface area contributed by atoms with Crippen LogP contribution >= 0.6 is 22.6 Å². The minimum atomic E-state index is -0.164. The molecule has 2 amide bonds. The molecule has 0 atom stereocenters. The monoisotopic (exact) mass is 315 g/mol. The summed E-state index contributed by atoms with van der Waals surface area (Å²) in [4.78, 5) is 24.7. The van der Waals surface area contributed by atoms with Gasteiger partial charge >= 0.3 is 0 Å². The molecule has 78 valence electrons. The number of likely N-dealkylation sites (tertiary alicyclic amines) is 1. The molecule has 0 aromatic heterocycles. The van der Waals surface area contributed by atoms with Crippen molar-refractivity contribution < 1.29 is 9.59 Å². The van der Waals surface area contributed by atoms with E-state index in [1.165, 1.54) is 4.90 Å². The smallest absolute Gasteiger partial charge is 0.261 e. The van der Waals surface area contributed by atoms with Crippen LogP contribution in [-0.2, 0) is 4.79 Å². The summed E-state index contributed by atoms with van der Waals surface area (Å²) in [7, 11) is 0. The summed E-state index contributed by atoms with van der Waals surface area (Å²) in [5.74, 6) is -0.220. The predicted octanol–water partition coefficient (Wildman–Crippen LogP) is 2.05. The average molecular weight is 315 g/mol. The second kappa shape index (κ2) is 4.30. The van der Waals surface area contributed by atoms with Crippen LogP contribution in [0.5, 0.6) is 0 Å². The number of halogens is 1. The van der Waals surface area contributed by atoms with Crippen LogP contribution in [-0.4, -0.2) is 23.3 Å². The minimum Gasteiger partial charge on any atom is -0.278 e. The predicted molar refractivity (Wildman–Crippen MR) is 64.4 cm³/mol. The number of amides is 2. The second-order valence-corrected chi connectivity index (χ2v) is 4.60. The van der Waals surface area contributed by atoms with Crippen molar-refractivity contribution in [3.8, 4) is 0 Å². The molecule has 0 spiro atoms. The molecule has 0 radical (unpaired) electrons. The molecule has 4 heteroatoms. The molecule has 1 saturated heterocycles. The van der Waals surface area contributed by atoms with Gasteiger partial charge in [-0.1, -0.05) is 12.1 Å². The molecule has 0 saturated carbocycles. The van der Waals surface area contributed by atoms with Crippen LogP contribution in [0.1, 0.15) is 23.2 Å². The van der Waals surface area contributed by atoms with Gasteiger partial charge in [-0.05, 0) is 41.1 Å². The summed E-state index contributed by atoms with van der Waals surface area (Å²) in [6.45, 7) is 0.558. The highest BCUT2D eigenvalue weighted by atomic mass is 127. The Kier molecular flexibility index (Phi) is 3.04. The fourth-order valence-electron chi connectivity index (χ4n) is 1.64. The van der Waals surface area contributed by atoms with Crippen LogP contribution in [0.3, 0.4) is 0 Å². The van der Waals surface area contributed by atoms with Crippen molar-refractivity contribution in [1.82, 2.24) is 4.90 Å². The maximum absolute atomic E-state index is 12.0. The standard InChI is InChI=1S/C11H10INO2/c12-9-5-2-1-4-8(9)11(15)13-7-3-6-10(13)14/h1-2,4-5H,3,6-7H2. The van der Waals surface area contributed by atoms with Gasteiger partial charge in [0.05, 0.1) is 5.56 Å². The maximum Gasteiger partial charge on any atom is 0.261 e. The Labute approximate surface area is 102 Å². The lowest BCUT2D eigenvalue weighted by Crippen LogP contribution is -2.32. The van der Waals surface area contributed by atoms with Crippen LogP contribution in [0.25, 0.3) is 0 Å². The quantitative estimate of drug-likeness (QED) is 0.588. The first kappa shape index (κ1) is 10.6. The fraction of sp³-hybridized carbons (Fsp3) is 0.273. The van der Waals surface area contributed by atoms with Gasteiger partial charge in [-0.25, -0.2) is 0 Å². The molecule has 0 aliphatic carbocycles. The molecule has 0 unspecified atom stereocenters. The molecular weight excluding hydrogens is 305 g/mol. The third-order valence-corrected chi connectivity index (χ3v) is 3.36. The van der Waals surface area contributed by atoms with Gasteiger partial charge in [0.2, 0.25) is 5.91 Å². The van der Waals surface area contributed by atoms with Crippen LogP contribution in [0.4, 0.5) is 0 Å². The van der Waals surface area contributed by atoms with Gasteiger partial charge in [-0.2, -0.15) is 0 Å². The fourth-order valence-corrected chi connectivity index (χ4v) is 2.26. The van der Waals surface area contributed by atoms with Crippen LogP contribution in [0, 0.1) is 3.57 Å². The zero-order chi connectivity index (χ0) is 10.8. The minimum absolute atomic E-state index is 0.0559. The molecular formula is C11H10INO2. The van der Waals surface area contributed by atoms with Gasteiger partial charge in [-0.15, -0.1) is 0 Å².